The van der Waals surface area contributed by atoms with Gasteiger partial charge in [-0.25, -0.2) is 0 Å². The van der Waals surface area contributed by atoms with Crippen molar-refractivity contribution >= 4 is 5.97 Å². The first-order chi connectivity index (χ1) is 9.15. The highest BCUT2D eigenvalue weighted by Gasteiger charge is 2.09. The Morgan fingerprint density at radius 1 is 1.32 bits per heavy atom. The number of carbonyl (C=O) groups is 1. The van der Waals surface area contributed by atoms with Gasteiger partial charge in [-0.3, -0.25) is 9.69 Å². The molecule has 0 atom stereocenters. The van der Waals surface area contributed by atoms with E-state index in [2.05, 4.69) is 13.8 Å². The maximum atomic E-state index is 10.8. The van der Waals surface area contributed by atoms with E-state index in [1.165, 1.54) is 0 Å². The molecule has 1 N–H and O–H groups in total. The second kappa shape index (κ2) is 8.53. The Kier molecular flexibility index (Phi) is 6.97. The van der Waals surface area contributed by atoms with Crippen molar-refractivity contribution in [2.45, 2.75) is 33.2 Å². The molecule has 0 unspecified atom stereocenters. The monoisotopic (exact) mass is 265 g/mol. The molecule has 0 aliphatic carbocycles. The Labute approximate surface area is 115 Å². The van der Waals surface area contributed by atoms with Crippen LogP contribution in [-0.4, -0.2) is 35.7 Å². The molecule has 19 heavy (non-hydrogen) atoms. The van der Waals surface area contributed by atoms with Crippen LogP contribution in [0.5, 0.6) is 5.75 Å². The summed E-state index contributed by atoms with van der Waals surface area (Å²) in [6.45, 7) is 6.33. The summed E-state index contributed by atoms with van der Waals surface area (Å²) < 4.78 is 5.58. The molecule has 0 amide bonds. The molecule has 0 aliphatic heterocycles. The van der Waals surface area contributed by atoms with Gasteiger partial charge in [-0.2, -0.15) is 0 Å². The van der Waals surface area contributed by atoms with Crippen molar-refractivity contribution < 1.29 is 14.6 Å². The highest BCUT2D eigenvalue weighted by molar-refractivity contribution is 5.69. The molecule has 0 spiro atoms. The molecule has 0 saturated carbocycles. The summed E-state index contributed by atoms with van der Waals surface area (Å²) in [4.78, 5) is 12.7. The average molecular weight is 265 g/mol. The van der Waals surface area contributed by atoms with E-state index in [0.717, 1.165) is 30.7 Å². The summed E-state index contributed by atoms with van der Waals surface area (Å²) in [7, 11) is 0. The molecule has 0 heterocycles. The second-order valence-electron chi connectivity index (χ2n) is 4.60. The topological polar surface area (TPSA) is 49.8 Å². The lowest BCUT2D eigenvalue weighted by Crippen LogP contribution is -2.30. The lowest BCUT2D eigenvalue weighted by molar-refractivity contribution is -0.138. The SMILES string of the molecule is CCCOc1cccc(CN(CCC)CC(=O)O)c1. The van der Waals surface area contributed by atoms with Gasteiger partial charge in [0.2, 0.25) is 0 Å². The van der Waals surface area contributed by atoms with E-state index >= 15 is 0 Å². The van der Waals surface area contributed by atoms with Gasteiger partial charge in [-0.05, 0) is 37.1 Å². The van der Waals surface area contributed by atoms with Crippen LogP contribution in [0.4, 0.5) is 0 Å². The lowest BCUT2D eigenvalue weighted by Gasteiger charge is -2.19. The first kappa shape index (κ1) is 15.5. The van der Waals surface area contributed by atoms with Crippen molar-refractivity contribution in [3.8, 4) is 5.75 Å². The normalized spacial score (nSPS) is 10.7. The molecule has 0 saturated heterocycles. The fraction of sp³-hybridized carbons (Fsp3) is 0.533. The summed E-state index contributed by atoms with van der Waals surface area (Å²) in [5.74, 6) is 0.0676. The predicted octanol–water partition coefficient (Wildman–Crippen LogP) is 2.77. The van der Waals surface area contributed by atoms with Crippen molar-refractivity contribution in [3.63, 3.8) is 0 Å². The molecule has 106 valence electrons. The zero-order valence-electron chi connectivity index (χ0n) is 11.8. The highest BCUT2D eigenvalue weighted by Crippen LogP contribution is 2.15. The van der Waals surface area contributed by atoms with Crippen LogP contribution in [0.3, 0.4) is 0 Å². The van der Waals surface area contributed by atoms with Gasteiger partial charge in [-0.15, -0.1) is 0 Å². The number of carboxylic acid groups (broad SMARTS) is 1. The third-order valence-corrected chi connectivity index (χ3v) is 2.68. The number of hydrogen-bond acceptors (Lipinski definition) is 3. The molecule has 0 radical (unpaired) electrons. The molecule has 1 aromatic rings. The minimum Gasteiger partial charge on any atom is -0.494 e. The summed E-state index contributed by atoms with van der Waals surface area (Å²) in [6.07, 6.45) is 1.92. The lowest BCUT2D eigenvalue weighted by atomic mass is 10.2. The van der Waals surface area contributed by atoms with Crippen LogP contribution in [0.2, 0.25) is 0 Å². The number of aliphatic carboxylic acids is 1. The van der Waals surface area contributed by atoms with E-state index in [1.807, 2.05) is 29.2 Å². The van der Waals surface area contributed by atoms with Crippen molar-refractivity contribution in [2.24, 2.45) is 0 Å². The quantitative estimate of drug-likeness (QED) is 0.746. The maximum absolute atomic E-state index is 10.8. The van der Waals surface area contributed by atoms with Gasteiger partial charge in [-0.1, -0.05) is 26.0 Å². The summed E-state index contributed by atoms with van der Waals surface area (Å²) >= 11 is 0. The van der Waals surface area contributed by atoms with E-state index < -0.39 is 5.97 Å². The first-order valence-corrected chi connectivity index (χ1v) is 6.81. The number of nitrogens with zero attached hydrogens (tertiary/aromatic N) is 1. The predicted molar refractivity (Wildman–Crippen MR) is 75.4 cm³/mol. The van der Waals surface area contributed by atoms with E-state index in [9.17, 15) is 4.79 Å². The second-order valence-corrected chi connectivity index (χ2v) is 4.60. The fourth-order valence-electron chi connectivity index (χ4n) is 1.93. The van der Waals surface area contributed by atoms with Gasteiger partial charge in [0.1, 0.15) is 5.75 Å². The van der Waals surface area contributed by atoms with Crippen molar-refractivity contribution in [1.29, 1.82) is 0 Å². The zero-order valence-corrected chi connectivity index (χ0v) is 11.8. The highest BCUT2D eigenvalue weighted by atomic mass is 16.5. The van der Waals surface area contributed by atoms with E-state index in [1.54, 1.807) is 0 Å². The van der Waals surface area contributed by atoms with Crippen molar-refractivity contribution in [2.75, 3.05) is 19.7 Å². The number of ether oxygens (including phenoxy) is 1. The summed E-state index contributed by atoms with van der Waals surface area (Å²) in [5.41, 5.74) is 1.09. The molecule has 0 aliphatic rings. The van der Waals surface area contributed by atoms with Crippen LogP contribution in [-0.2, 0) is 11.3 Å². The largest absolute Gasteiger partial charge is 0.494 e. The summed E-state index contributed by atoms with van der Waals surface area (Å²) in [6, 6.07) is 7.87. The number of benzene rings is 1. The van der Waals surface area contributed by atoms with Gasteiger partial charge < -0.3 is 9.84 Å². The van der Waals surface area contributed by atoms with Gasteiger partial charge in [0.05, 0.1) is 13.2 Å². The number of hydrogen-bond donors (Lipinski definition) is 1. The minimum absolute atomic E-state index is 0.0773. The molecule has 4 nitrogen and oxygen atoms in total. The zero-order chi connectivity index (χ0) is 14.1. The molecule has 0 aromatic heterocycles. The van der Waals surface area contributed by atoms with Crippen LogP contribution < -0.4 is 4.74 Å². The first-order valence-electron chi connectivity index (χ1n) is 6.81. The van der Waals surface area contributed by atoms with Crippen molar-refractivity contribution in [1.82, 2.24) is 4.90 Å². The van der Waals surface area contributed by atoms with Crippen LogP contribution in [0.25, 0.3) is 0 Å². The third-order valence-electron chi connectivity index (χ3n) is 2.68. The van der Waals surface area contributed by atoms with Crippen LogP contribution >= 0.6 is 0 Å². The van der Waals surface area contributed by atoms with Crippen molar-refractivity contribution in [3.05, 3.63) is 29.8 Å². The Hall–Kier alpha value is -1.55. The molecule has 4 heteroatoms. The van der Waals surface area contributed by atoms with Crippen LogP contribution in [0, 0.1) is 0 Å². The average Bonchev–Trinajstić information content (AvgIpc) is 2.36. The Morgan fingerprint density at radius 2 is 2.11 bits per heavy atom. The molecular formula is C15H23NO3. The van der Waals surface area contributed by atoms with Crippen LogP contribution in [0.1, 0.15) is 32.3 Å². The third kappa shape index (κ3) is 6.25. The van der Waals surface area contributed by atoms with E-state index in [4.69, 9.17) is 9.84 Å². The Bertz CT molecular complexity index is 393. The Balaban J connectivity index is 2.64. The summed E-state index contributed by atoms with van der Waals surface area (Å²) in [5, 5.41) is 8.89. The number of carboxylic acids is 1. The number of rotatable bonds is 9. The smallest absolute Gasteiger partial charge is 0.317 e. The van der Waals surface area contributed by atoms with E-state index in [0.29, 0.717) is 13.2 Å². The molecular weight excluding hydrogens is 242 g/mol. The molecule has 1 aromatic carbocycles. The molecule has 1 rings (SSSR count). The van der Waals surface area contributed by atoms with Gasteiger partial charge in [0, 0.05) is 6.54 Å². The van der Waals surface area contributed by atoms with Gasteiger partial charge in [0.15, 0.2) is 0 Å². The van der Waals surface area contributed by atoms with Crippen LogP contribution in [0.15, 0.2) is 24.3 Å². The van der Waals surface area contributed by atoms with E-state index in [-0.39, 0.29) is 6.54 Å². The molecule has 0 bridgehead atoms. The maximum Gasteiger partial charge on any atom is 0.317 e. The van der Waals surface area contributed by atoms with Gasteiger partial charge in [0.25, 0.3) is 0 Å². The van der Waals surface area contributed by atoms with Gasteiger partial charge >= 0.3 is 5.97 Å². The standard InChI is InChI=1S/C15H23NO3/c1-3-8-16(12-15(17)18)11-13-6-5-7-14(10-13)19-9-4-2/h5-7,10H,3-4,8-9,11-12H2,1-2H3,(H,17,18). The Morgan fingerprint density at radius 3 is 2.74 bits per heavy atom. The minimum atomic E-state index is -0.785. The fourth-order valence-corrected chi connectivity index (χ4v) is 1.93. The molecule has 0 fully saturated rings.